The molecule has 0 fully saturated rings. The molecule has 0 bridgehead atoms. The summed E-state index contributed by atoms with van der Waals surface area (Å²) in [5, 5.41) is 2.77. The summed E-state index contributed by atoms with van der Waals surface area (Å²) in [5.41, 5.74) is 6.08. The van der Waals surface area contributed by atoms with Crippen LogP contribution in [0.25, 0.3) is 0 Å². The number of benzene rings is 1. The van der Waals surface area contributed by atoms with Gasteiger partial charge in [-0.25, -0.2) is 0 Å². The van der Waals surface area contributed by atoms with Gasteiger partial charge in [-0.05, 0) is 18.2 Å². The number of amides is 1. The Morgan fingerprint density at radius 2 is 2.22 bits per heavy atom. The van der Waals surface area contributed by atoms with E-state index in [0.29, 0.717) is 18.0 Å². The summed E-state index contributed by atoms with van der Waals surface area (Å²) in [6, 6.07) is 5.39. The summed E-state index contributed by atoms with van der Waals surface area (Å²) in [6.45, 7) is 0.305. The maximum Gasteiger partial charge on any atom is 0.227 e. The predicted octanol–water partition coefficient (Wildman–Crippen LogP) is 1.76. The molecule has 18 heavy (non-hydrogen) atoms. The minimum atomic E-state index is -0.275. The van der Waals surface area contributed by atoms with Crippen molar-refractivity contribution in [2.24, 2.45) is 5.73 Å². The summed E-state index contributed by atoms with van der Waals surface area (Å²) in [7, 11) is 3.08. The molecule has 0 spiro atoms. The van der Waals surface area contributed by atoms with Crippen molar-refractivity contribution >= 4 is 27.5 Å². The molecule has 1 aromatic carbocycles. The zero-order valence-corrected chi connectivity index (χ0v) is 12.0. The van der Waals surface area contributed by atoms with Gasteiger partial charge in [0.2, 0.25) is 5.91 Å². The van der Waals surface area contributed by atoms with Crippen molar-refractivity contribution in [3.63, 3.8) is 0 Å². The molecular formula is C12H17BrN2O3. The number of carbonyl (C=O) groups is 1. The largest absolute Gasteiger partial charge is 0.495 e. The van der Waals surface area contributed by atoms with Gasteiger partial charge in [0.15, 0.2) is 0 Å². The molecule has 0 saturated heterocycles. The van der Waals surface area contributed by atoms with Gasteiger partial charge in [0, 0.05) is 18.1 Å². The Balaban J connectivity index is 2.71. The Labute approximate surface area is 115 Å². The molecule has 0 aromatic heterocycles. The van der Waals surface area contributed by atoms with Crippen LogP contribution < -0.4 is 15.8 Å². The van der Waals surface area contributed by atoms with E-state index in [2.05, 4.69) is 21.2 Å². The Bertz CT molecular complexity index is 408. The van der Waals surface area contributed by atoms with Crippen molar-refractivity contribution in [3.8, 4) is 5.75 Å². The lowest BCUT2D eigenvalue weighted by molar-refractivity contribution is -0.118. The van der Waals surface area contributed by atoms with E-state index in [-0.39, 0.29) is 18.4 Å². The molecule has 0 aliphatic rings. The first-order chi connectivity index (χ1) is 8.60. The Hall–Kier alpha value is -1.11. The minimum Gasteiger partial charge on any atom is -0.495 e. The van der Waals surface area contributed by atoms with E-state index >= 15 is 0 Å². The van der Waals surface area contributed by atoms with Crippen molar-refractivity contribution in [1.82, 2.24) is 0 Å². The van der Waals surface area contributed by atoms with Crippen molar-refractivity contribution in [2.75, 3.05) is 26.1 Å². The number of anilines is 1. The Morgan fingerprint density at radius 1 is 1.50 bits per heavy atom. The average Bonchev–Trinajstić information content (AvgIpc) is 2.36. The summed E-state index contributed by atoms with van der Waals surface area (Å²) >= 11 is 3.34. The third kappa shape index (κ3) is 4.29. The SMILES string of the molecule is COc1ccc(Br)cc1NC(=O)CC(CN)OC. The highest BCUT2D eigenvalue weighted by atomic mass is 79.9. The first-order valence-corrected chi connectivity index (χ1v) is 6.26. The van der Waals surface area contributed by atoms with Gasteiger partial charge in [-0.15, -0.1) is 0 Å². The number of methoxy groups -OCH3 is 2. The first-order valence-electron chi connectivity index (χ1n) is 5.47. The number of nitrogens with one attached hydrogen (secondary N) is 1. The monoisotopic (exact) mass is 316 g/mol. The van der Waals surface area contributed by atoms with Gasteiger partial charge in [0.05, 0.1) is 25.3 Å². The van der Waals surface area contributed by atoms with Crippen molar-refractivity contribution in [2.45, 2.75) is 12.5 Å². The number of ether oxygens (including phenoxy) is 2. The van der Waals surface area contributed by atoms with E-state index in [0.717, 1.165) is 4.47 Å². The van der Waals surface area contributed by atoms with Crippen LogP contribution in [0.15, 0.2) is 22.7 Å². The van der Waals surface area contributed by atoms with Crippen LogP contribution in [0, 0.1) is 0 Å². The van der Waals surface area contributed by atoms with E-state index in [4.69, 9.17) is 15.2 Å². The summed E-state index contributed by atoms with van der Waals surface area (Å²) < 4.78 is 11.1. The number of carbonyl (C=O) groups excluding carboxylic acids is 1. The fourth-order valence-electron chi connectivity index (χ4n) is 1.45. The molecule has 1 amide bonds. The lowest BCUT2D eigenvalue weighted by Crippen LogP contribution is -2.28. The Morgan fingerprint density at radius 3 is 2.78 bits per heavy atom. The highest BCUT2D eigenvalue weighted by molar-refractivity contribution is 9.10. The molecule has 3 N–H and O–H groups in total. The smallest absolute Gasteiger partial charge is 0.227 e. The molecule has 6 heteroatoms. The first kappa shape index (κ1) is 14.9. The van der Waals surface area contributed by atoms with Gasteiger partial charge < -0.3 is 20.5 Å². The van der Waals surface area contributed by atoms with Gasteiger partial charge >= 0.3 is 0 Å². The molecule has 1 atom stereocenters. The van der Waals surface area contributed by atoms with Crippen molar-refractivity contribution in [1.29, 1.82) is 0 Å². The Kier molecular flexibility index (Phi) is 6.11. The molecule has 0 saturated carbocycles. The predicted molar refractivity (Wildman–Crippen MR) is 73.8 cm³/mol. The maximum atomic E-state index is 11.8. The van der Waals surface area contributed by atoms with Gasteiger partial charge in [0.1, 0.15) is 5.75 Å². The van der Waals surface area contributed by atoms with E-state index in [1.165, 1.54) is 7.11 Å². The molecule has 5 nitrogen and oxygen atoms in total. The fourth-order valence-corrected chi connectivity index (χ4v) is 1.81. The highest BCUT2D eigenvalue weighted by Gasteiger charge is 2.13. The highest BCUT2D eigenvalue weighted by Crippen LogP contribution is 2.28. The molecule has 100 valence electrons. The molecule has 1 rings (SSSR count). The van der Waals surface area contributed by atoms with Crippen LogP contribution in [-0.4, -0.2) is 32.8 Å². The van der Waals surface area contributed by atoms with Crippen LogP contribution >= 0.6 is 15.9 Å². The fraction of sp³-hybridized carbons (Fsp3) is 0.417. The topological polar surface area (TPSA) is 73.6 Å². The molecule has 0 aliphatic carbocycles. The number of hydrogen-bond acceptors (Lipinski definition) is 4. The average molecular weight is 317 g/mol. The molecule has 1 unspecified atom stereocenters. The van der Waals surface area contributed by atoms with Crippen LogP contribution in [0.2, 0.25) is 0 Å². The molecule has 0 aliphatic heterocycles. The second-order valence-corrected chi connectivity index (χ2v) is 4.61. The standard InChI is InChI=1S/C12H17BrN2O3/c1-17-9(7-14)6-12(16)15-10-5-8(13)3-4-11(10)18-2/h3-5,9H,6-7,14H2,1-2H3,(H,15,16). The van der Waals surface area contributed by atoms with Gasteiger partial charge in [0.25, 0.3) is 0 Å². The molecule has 1 aromatic rings. The van der Waals surface area contributed by atoms with Crippen molar-refractivity contribution in [3.05, 3.63) is 22.7 Å². The van der Waals surface area contributed by atoms with Crippen LogP contribution in [-0.2, 0) is 9.53 Å². The van der Waals surface area contributed by atoms with E-state index in [1.54, 1.807) is 19.2 Å². The van der Waals surface area contributed by atoms with Crippen LogP contribution in [0.5, 0.6) is 5.75 Å². The lowest BCUT2D eigenvalue weighted by Gasteiger charge is -2.14. The molecular weight excluding hydrogens is 300 g/mol. The van der Waals surface area contributed by atoms with Crippen LogP contribution in [0.3, 0.4) is 0 Å². The normalized spacial score (nSPS) is 12.0. The van der Waals surface area contributed by atoms with Crippen molar-refractivity contribution < 1.29 is 14.3 Å². The van der Waals surface area contributed by atoms with E-state index in [1.807, 2.05) is 6.07 Å². The second kappa shape index (κ2) is 7.35. The quantitative estimate of drug-likeness (QED) is 0.838. The number of nitrogens with two attached hydrogens (primary N) is 1. The zero-order chi connectivity index (χ0) is 13.5. The third-order valence-electron chi connectivity index (χ3n) is 2.44. The van der Waals surface area contributed by atoms with Crippen LogP contribution in [0.1, 0.15) is 6.42 Å². The molecule has 0 radical (unpaired) electrons. The van der Waals surface area contributed by atoms with E-state index in [9.17, 15) is 4.79 Å². The van der Waals surface area contributed by atoms with Gasteiger partial charge in [-0.2, -0.15) is 0 Å². The minimum absolute atomic E-state index is 0.163. The van der Waals surface area contributed by atoms with Gasteiger partial charge in [-0.3, -0.25) is 4.79 Å². The summed E-state index contributed by atoms with van der Waals surface area (Å²) in [6.07, 6.45) is -0.0639. The van der Waals surface area contributed by atoms with Gasteiger partial charge in [-0.1, -0.05) is 15.9 Å². The number of halogens is 1. The maximum absolute atomic E-state index is 11.8. The molecule has 0 heterocycles. The number of rotatable bonds is 6. The van der Waals surface area contributed by atoms with Crippen LogP contribution in [0.4, 0.5) is 5.69 Å². The summed E-state index contributed by atoms with van der Waals surface area (Å²) in [4.78, 5) is 11.8. The lowest BCUT2D eigenvalue weighted by atomic mass is 10.2. The summed E-state index contributed by atoms with van der Waals surface area (Å²) in [5.74, 6) is 0.442. The van der Waals surface area contributed by atoms with E-state index < -0.39 is 0 Å². The second-order valence-electron chi connectivity index (χ2n) is 3.69. The third-order valence-corrected chi connectivity index (χ3v) is 2.94. The number of hydrogen-bond donors (Lipinski definition) is 2. The zero-order valence-electron chi connectivity index (χ0n) is 10.4.